The van der Waals surface area contributed by atoms with Crippen LogP contribution in [-0.4, -0.2) is 51.8 Å². The van der Waals surface area contributed by atoms with Crippen LogP contribution < -0.4 is 10.6 Å². The summed E-state index contributed by atoms with van der Waals surface area (Å²) in [6.45, 7) is 4.50. The summed E-state index contributed by atoms with van der Waals surface area (Å²) < 4.78 is 41.8. The third-order valence-electron chi connectivity index (χ3n) is 5.49. The molecule has 1 saturated heterocycles. The normalized spacial score (nSPS) is 15.3. The molecule has 1 aliphatic rings. The Labute approximate surface area is 184 Å². The summed E-state index contributed by atoms with van der Waals surface area (Å²) in [6, 6.07) is 11.0. The zero-order chi connectivity index (χ0) is 21.1. The highest BCUT2D eigenvalue weighted by Crippen LogP contribution is 2.31. The number of aromatic nitrogens is 3. The van der Waals surface area contributed by atoms with Crippen molar-refractivity contribution < 1.29 is 13.2 Å². The van der Waals surface area contributed by atoms with Crippen LogP contribution in [-0.2, 0) is 12.7 Å². The van der Waals surface area contributed by atoms with Gasteiger partial charge in [0.2, 0.25) is 0 Å². The highest BCUT2D eigenvalue weighted by molar-refractivity contribution is 5.85. The van der Waals surface area contributed by atoms with Gasteiger partial charge in [0.15, 0.2) is 5.65 Å². The standard InChI is InChI=1S/C21H24F3N5O.ClH/c22-21(23,24)17-6-5-7-18(16-17)27-14-12-26(13-15-27)9-3-4-11-29-20(30)28-10-2-1-8-19(28)25-29;/h1-2,5-8,10,16H,3-4,9,11-15H2;1H. The number of unbranched alkanes of at least 4 members (excludes halogenated alkanes) is 1. The second-order valence-corrected chi connectivity index (χ2v) is 7.52. The van der Waals surface area contributed by atoms with E-state index < -0.39 is 11.7 Å². The highest BCUT2D eigenvalue weighted by Gasteiger charge is 2.31. The first-order chi connectivity index (χ1) is 14.4. The number of halogens is 4. The Hall–Kier alpha value is -2.52. The molecule has 6 nitrogen and oxygen atoms in total. The first kappa shape index (κ1) is 23.1. The van der Waals surface area contributed by atoms with Crippen molar-refractivity contribution in [2.24, 2.45) is 0 Å². The summed E-state index contributed by atoms with van der Waals surface area (Å²) in [5.41, 5.74) is 0.536. The molecule has 4 rings (SSSR count). The van der Waals surface area contributed by atoms with Gasteiger partial charge in [0, 0.05) is 44.6 Å². The van der Waals surface area contributed by atoms with Crippen LogP contribution in [0.3, 0.4) is 0 Å². The third kappa shape index (κ3) is 5.40. The molecule has 0 radical (unpaired) electrons. The number of piperazine rings is 1. The first-order valence-corrected chi connectivity index (χ1v) is 10.1. The van der Waals surface area contributed by atoms with Gasteiger partial charge in [-0.1, -0.05) is 12.1 Å². The van der Waals surface area contributed by atoms with E-state index in [4.69, 9.17) is 0 Å². The summed E-state index contributed by atoms with van der Waals surface area (Å²) in [6.07, 6.45) is -0.826. The summed E-state index contributed by atoms with van der Waals surface area (Å²) in [5, 5.41) is 4.33. The van der Waals surface area contributed by atoms with E-state index >= 15 is 0 Å². The van der Waals surface area contributed by atoms with E-state index in [2.05, 4.69) is 10.00 Å². The molecule has 0 saturated carbocycles. The lowest BCUT2D eigenvalue weighted by atomic mass is 10.1. The lowest BCUT2D eigenvalue weighted by Crippen LogP contribution is -2.46. The van der Waals surface area contributed by atoms with E-state index in [0.29, 0.717) is 31.0 Å². The third-order valence-corrected chi connectivity index (χ3v) is 5.49. The Morgan fingerprint density at radius 3 is 2.39 bits per heavy atom. The predicted molar refractivity (Wildman–Crippen MR) is 116 cm³/mol. The van der Waals surface area contributed by atoms with Crippen LogP contribution in [0.2, 0.25) is 0 Å². The van der Waals surface area contributed by atoms with E-state index in [1.54, 1.807) is 18.3 Å². The number of aryl methyl sites for hydroxylation is 1. The number of pyridine rings is 1. The zero-order valence-corrected chi connectivity index (χ0v) is 17.8. The van der Waals surface area contributed by atoms with Crippen molar-refractivity contribution in [3.63, 3.8) is 0 Å². The average molecular weight is 456 g/mol. The number of anilines is 1. The van der Waals surface area contributed by atoms with Crippen molar-refractivity contribution >= 4 is 23.7 Å². The number of alkyl halides is 3. The van der Waals surface area contributed by atoms with E-state index in [-0.39, 0.29) is 18.1 Å². The largest absolute Gasteiger partial charge is 0.416 e. The quantitative estimate of drug-likeness (QED) is 0.533. The number of rotatable bonds is 6. The van der Waals surface area contributed by atoms with E-state index in [0.717, 1.165) is 38.5 Å². The van der Waals surface area contributed by atoms with Crippen LogP contribution in [0, 0.1) is 0 Å². The number of benzene rings is 1. The number of fused-ring (bicyclic) bond motifs is 1. The molecule has 1 fully saturated rings. The molecule has 31 heavy (non-hydrogen) atoms. The number of nitrogens with zero attached hydrogens (tertiary/aromatic N) is 5. The Morgan fingerprint density at radius 1 is 0.935 bits per heavy atom. The van der Waals surface area contributed by atoms with Crippen LogP contribution >= 0.6 is 12.4 Å². The van der Waals surface area contributed by atoms with Gasteiger partial charge in [-0.05, 0) is 49.7 Å². The Bertz CT molecular complexity index is 1060. The van der Waals surface area contributed by atoms with Gasteiger partial charge in [-0.2, -0.15) is 13.2 Å². The molecule has 168 valence electrons. The average Bonchev–Trinajstić information content (AvgIpc) is 3.07. The SMILES string of the molecule is Cl.O=c1n(CCCCN2CCN(c3cccc(C(F)(F)F)c3)CC2)nc2ccccn12. The van der Waals surface area contributed by atoms with Crippen LogP contribution in [0.15, 0.2) is 53.5 Å². The fourth-order valence-corrected chi connectivity index (χ4v) is 3.82. The zero-order valence-electron chi connectivity index (χ0n) is 17.0. The maximum atomic E-state index is 12.9. The van der Waals surface area contributed by atoms with E-state index in [9.17, 15) is 18.0 Å². The van der Waals surface area contributed by atoms with Gasteiger partial charge in [0.05, 0.1) is 5.56 Å². The topological polar surface area (TPSA) is 45.8 Å². The molecule has 0 bridgehead atoms. The lowest BCUT2D eigenvalue weighted by molar-refractivity contribution is -0.137. The maximum absolute atomic E-state index is 12.9. The predicted octanol–water partition coefficient (Wildman–Crippen LogP) is 3.54. The van der Waals surface area contributed by atoms with Gasteiger partial charge in [0.1, 0.15) is 0 Å². The minimum atomic E-state index is -4.32. The molecule has 1 aliphatic heterocycles. The van der Waals surface area contributed by atoms with Crippen molar-refractivity contribution in [1.82, 2.24) is 19.1 Å². The second kappa shape index (κ2) is 9.74. The van der Waals surface area contributed by atoms with Crippen LogP contribution in [0.5, 0.6) is 0 Å². The molecule has 0 spiro atoms. The molecule has 0 unspecified atom stereocenters. The smallest absolute Gasteiger partial charge is 0.369 e. The van der Waals surface area contributed by atoms with Gasteiger partial charge in [-0.3, -0.25) is 9.30 Å². The van der Waals surface area contributed by atoms with Gasteiger partial charge in [0.25, 0.3) is 0 Å². The second-order valence-electron chi connectivity index (χ2n) is 7.52. The summed E-state index contributed by atoms with van der Waals surface area (Å²) in [7, 11) is 0. The van der Waals surface area contributed by atoms with Crippen molar-refractivity contribution in [3.05, 3.63) is 64.7 Å². The Balaban J connectivity index is 0.00000272. The molecule has 3 aromatic rings. The molecule has 0 N–H and O–H groups in total. The van der Waals surface area contributed by atoms with Crippen LogP contribution in [0.25, 0.3) is 5.65 Å². The van der Waals surface area contributed by atoms with E-state index in [1.165, 1.54) is 21.2 Å². The van der Waals surface area contributed by atoms with Gasteiger partial charge < -0.3 is 4.90 Å². The van der Waals surface area contributed by atoms with Crippen molar-refractivity contribution in [1.29, 1.82) is 0 Å². The summed E-state index contributed by atoms with van der Waals surface area (Å²) in [4.78, 5) is 16.6. The summed E-state index contributed by atoms with van der Waals surface area (Å²) in [5.74, 6) is 0. The fraction of sp³-hybridized carbons (Fsp3) is 0.429. The Kier molecular flexibility index (Phi) is 7.27. The fourth-order valence-electron chi connectivity index (χ4n) is 3.82. The molecule has 2 aromatic heterocycles. The molecule has 1 aromatic carbocycles. The number of hydrogen-bond acceptors (Lipinski definition) is 4. The highest BCUT2D eigenvalue weighted by atomic mass is 35.5. The van der Waals surface area contributed by atoms with Gasteiger partial charge in [-0.15, -0.1) is 17.5 Å². The van der Waals surface area contributed by atoms with Crippen molar-refractivity contribution in [3.8, 4) is 0 Å². The molecule has 0 amide bonds. The van der Waals surface area contributed by atoms with Crippen LogP contribution in [0.1, 0.15) is 18.4 Å². The molecular formula is C21H25ClF3N5O. The van der Waals surface area contributed by atoms with Gasteiger partial charge in [-0.25, -0.2) is 9.48 Å². The molecule has 10 heteroatoms. The minimum Gasteiger partial charge on any atom is -0.369 e. The molecule has 3 heterocycles. The van der Waals surface area contributed by atoms with Gasteiger partial charge >= 0.3 is 11.9 Å². The molecule has 0 atom stereocenters. The number of hydrogen-bond donors (Lipinski definition) is 0. The minimum absolute atomic E-state index is 0. The molecular weight excluding hydrogens is 431 g/mol. The van der Waals surface area contributed by atoms with Crippen molar-refractivity contribution in [2.45, 2.75) is 25.6 Å². The summed E-state index contributed by atoms with van der Waals surface area (Å²) >= 11 is 0. The van der Waals surface area contributed by atoms with Crippen molar-refractivity contribution in [2.75, 3.05) is 37.6 Å². The van der Waals surface area contributed by atoms with Crippen LogP contribution in [0.4, 0.5) is 18.9 Å². The van der Waals surface area contributed by atoms with E-state index in [1.807, 2.05) is 17.0 Å². The monoisotopic (exact) mass is 455 g/mol. The first-order valence-electron chi connectivity index (χ1n) is 10.1. The maximum Gasteiger partial charge on any atom is 0.416 e. The molecule has 0 aliphatic carbocycles. The Morgan fingerprint density at radius 2 is 1.68 bits per heavy atom. The lowest BCUT2D eigenvalue weighted by Gasteiger charge is -2.36.